The second-order valence-electron chi connectivity index (χ2n) is 10.5. The molecule has 0 bridgehead atoms. The van der Waals surface area contributed by atoms with Gasteiger partial charge in [0.1, 0.15) is 5.75 Å². The number of amides is 1. The predicted octanol–water partition coefficient (Wildman–Crippen LogP) is 6.18. The van der Waals surface area contributed by atoms with Crippen LogP contribution in [0.15, 0.2) is 103 Å². The number of ketones is 1. The second kappa shape index (κ2) is 14.9. The zero-order valence-electron chi connectivity index (χ0n) is 23.8. The van der Waals surface area contributed by atoms with Crippen LogP contribution >= 0.6 is 0 Å². The Morgan fingerprint density at radius 1 is 0.878 bits per heavy atom. The van der Waals surface area contributed by atoms with Gasteiger partial charge < -0.3 is 14.7 Å². The van der Waals surface area contributed by atoms with Gasteiger partial charge in [0.15, 0.2) is 5.78 Å². The van der Waals surface area contributed by atoms with Gasteiger partial charge in [0, 0.05) is 30.8 Å². The molecular weight excluding hydrogens is 512 g/mol. The Kier molecular flexibility index (Phi) is 10.8. The highest BCUT2D eigenvalue weighted by Crippen LogP contribution is 2.24. The molecule has 1 aromatic heterocycles. The van der Waals surface area contributed by atoms with E-state index in [1.165, 1.54) is 0 Å². The van der Waals surface area contributed by atoms with Crippen molar-refractivity contribution in [1.82, 2.24) is 9.88 Å². The molecule has 1 N–H and O–H groups in total. The lowest BCUT2D eigenvalue weighted by Gasteiger charge is -2.23. The smallest absolute Gasteiger partial charge is 0.253 e. The number of hydrogen-bond acceptors (Lipinski definition) is 5. The van der Waals surface area contributed by atoms with Crippen LogP contribution in [0.3, 0.4) is 0 Å². The number of nitrogens with zero attached hydrogens (tertiary/aromatic N) is 2. The topological polar surface area (TPSA) is 79.7 Å². The molecule has 4 rings (SSSR count). The summed E-state index contributed by atoms with van der Waals surface area (Å²) < 4.78 is 5.32. The summed E-state index contributed by atoms with van der Waals surface area (Å²) in [4.78, 5) is 32.5. The average Bonchev–Trinajstić information content (AvgIpc) is 3.01. The summed E-state index contributed by atoms with van der Waals surface area (Å²) in [6, 6.07) is 30.4. The number of benzene rings is 3. The molecule has 0 spiro atoms. The van der Waals surface area contributed by atoms with Gasteiger partial charge in [0.2, 0.25) is 0 Å². The molecule has 1 amide bonds. The number of carbonyl (C=O) groups is 2. The summed E-state index contributed by atoms with van der Waals surface area (Å²) in [6.07, 6.45) is 4.04. The molecule has 0 aliphatic rings. The van der Waals surface area contributed by atoms with E-state index in [9.17, 15) is 14.7 Å². The summed E-state index contributed by atoms with van der Waals surface area (Å²) in [6.45, 7) is 0.374. The highest BCUT2D eigenvalue weighted by atomic mass is 16.5. The van der Waals surface area contributed by atoms with Crippen molar-refractivity contribution in [2.45, 2.75) is 44.8 Å². The highest BCUT2D eigenvalue weighted by Gasteiger charge is 2.24. The number of Topliss-reactive ketones (excluding diaryl/α,β-unsaturated/α-hetero) is 1. The van der Waals surface area contributed by atoms with Crippen molar-refractivity contribution in [1.29, 1.82) is 0 Å². The van der Waals surface area contributed by atoms with Gasteiger partial charge >= 0.3 is 0 Å². The Morgan fingerprint density at radius 2 is 1.61 bits per heavy atom. The quantitative estimate of drug-likeness (QED) is 0.190. The van der Waals surface area contributed by atoms with Crippen LogP contribution < -0.4 is 4.74 Å². The molecule has 0 aliphatic heterocycles. The summed E-state index contributed by atoms with van der Waals surface area (Å²) in [7, 11) is 3.38. The fourth-order valence-corrected chi connectivity index (χ4v) is 5.05. The number of ether oxygens (including phenoxy) is 1. The molecule has 6 heteroatoms. The van der Waals surface area contributed by atoms with E-state index in [1.54, 1.807) is 49.5 Å². The zero-order valence-corrected chi connectivity index (χ0v) is 23.8. The van der Waals surface area contributed by atoms with E-state index >= 15 is 0 Å². The number of pyridine rings is 1. The summed E-state index contributed by atoms with van der Waals surface area (Å²) in [5, 5.41) is 11.3. The minimum atomic E-state index is -0.640. The largest absolute Gasteiger partial charge is 0.497 e. The number of aliphatic hydroxyl groups is 1. The van der Waals surface area contributed by atoms with Crippen molar-refractivity contribution < 1.29 is 19.4 Å². The second-order valence-corrected chi connectivity index (χ2v) is 10.5. The lowest BCUT2D eigenvalue weighted by atomic mass is 9.85. The average molecular weight is 551 g/mol. The van der Waals surface area contributed by atoms with Gasteiger partial charge in [-0.3, -0.25) is 14.6 Å². The molecule has 212 valence electrons. The Morgan fingerprint density at radius 3 is 2.37 bits per heavy atom. The molecule has 0 unspecified atom stereocenters. The first-order valence-electron chi connectivity index (χ1n) is 14.1. The van der Waals surface area contributed by atoms with E-state index in [2.05, 4.69) is 11.1 Å². The van der Waals surface area contributed by atoms with E-state index < -0.39 is 6.10 Å². The molecule has 0 saturated carbocycles. The van der Waals surface area contributed by atoms with Crippen molar-refractivity contribution in [3.05, 3.63) is 131 Å². The molecule has 0 aliphatic carbocycles. The van der Waals surface area contributed by atoms with E-state index in [0.717, 1.165) is 35.4 Å². The number of aliphatic hydroxyl groups excluding tert-OH is 1. The molecule has 2 atom stereocenters. The maximum atomic E-state index is 13.5. The Hall–Kier alpha value is -4.29. The van der Waals surface area contributed by atoms with Gasteiger partial charge in [0.05, 0.1) is 25.5 Å². The molecule has 1 heterocycles. The molecule has 3 aromatic carbocycles. The highest BCUT2D eigenvalue weighted by molar-refractivity contribution is 6.00. The normalized spacial score (nSPS) is 12.4. The van der Waals surface area contributed by atoms with Crippen LogP contribution in [0.4, 0.5) is 0 Å². The maximum absolute atomic E-state index is 13.5. The molecule has 0 fully saturated rings. The van der Waals surface area contributed by atoms with Crippen LogP contribution in [0.25, 0.3) is 0 Å². The first kappa shape index (κ1) is 29.7. The fourth-order valence-electron chi connectivity index (χ4n) is 5.05. The van der Waals surface area contributed by atoms with Gasteiger partial charge in [-0.05, 0) is 79.1 Å². The Balaban J connectivity index is 1.42. The zero-order chi connectivity index (χ0) is 29.0. The third kappa shape index (κ3) is 8.85. The van der Waals surface area contributed by atoms with Crippen LogP contribution in [0.1, 0.15) is 56.8 Å². The van der Waals surface area contributed by atoms with E-state index in [4.69, 9.17) is 4.74 Å². The van der Waals surface area contributed by atoms with E-state index in [1.807, 2.05) is 66.7 Å². The van der Waals surface area contributed by atoms with Crippen molar-refractivity contribution >= 4 is 11.7 Å². The van der Waals surface area contributed by atoms with Gasteiger partial charge in [-0.25, -0.2) is 0 Å². The van der Waals surface area contributed by atoms with E-state index in [-0.39, 0.29) is 24.0 Å². The standard InChI is InChI=1S/C35H38N2O4/c1-37(25-31-17-6-7-20-36-31)35(40)29-16-10-15-28(23-29)34(39)24-30(21-26-11-4-3-5-12-26)33(38)19-9-14-27-13-8-18-32(22-27)41-2/h3-8,10-13,15-18,20,22-23,30,33,38H,9,14,19,21,24-25H2,1-2H3/t30-,33-/m1/s1. The number of rotatable bonds is 14. The molecule has 41 heavy (non-hydrogen) atoms. The third-order valence-corrected chi connectivity index (χ3v) is 7.34. The van der Waals surface area contributed by atoms with Gasteiger partial charge in [-0.15, -0.1) is 0 Å². The van der Waals surface area contributed by atoms with Crippen LogP contribution in [0.2, 0.25) is 0 Å². The lowest BCUT2D eigenvalue weighted by Crippen LogP contribution is -2.27. The van der Waals surface area contributed by atoms with Crippen molar-refractivity contribution in [2.75, 3.05) is 14.2 Å². The number of aromatic nitrogens is 1. The molecule has 0 saturated heterocycles. The number of methoxy groups -OCH3 is 1. The predicted molar refractivity (Wildman–Crippen MR) is 161 cm³/mol. The number of hydrogen-bond donors (Lipinski definition) is 1. The van der Waals surface area contributed by atoms with Crippen LogP contribution in [-0.2, 0) is 19.4 Å². The minimum absolute atomic E-state index is 0.0835. The fraction of sp³-hybridized carbons (Fsp3) is 0.286. The number of aryl methyl sites for hydroxylation is 1. The first-order valence-corrected chi connectivity index (χ1v) is 14.1. The minimum Gasteiger partial charge on any atom is -0.497 e. The van der Waals surface area contributed by atoms with Crippen LogP contribution in [-0.4, -0.2) is 46.9 Å². The SMILES string of the molecule is COc1cccc(CCC[C@@H](O)[C@@H](CC(=O)c2cccc(C(=O)N(C)Cc3ccccn3)c2)Cc2ccccc2)c1. The number of carbonyl (C=O) groups excluding carboxylic acids is 2. The molecule has 0 radical (unpaired) electrons. The van der Waals surface area contributed by atoms with E-state index in [0.29, 0.717) is 30.5 Å². The Labute approximate surface area is 242 Å². The van der Waals surface area contributed by atoms with Crippen molar-refractivity contribution in [3.63, 3.8) is 0 Å². The van der Waals surface area contributed by atoms with Gasteiger partial charge in [0.25, 0.3) is 5.91 Å². The Bertz CT molecular complexity index is 1410. The molecule has 6 nitrogen and oxygen atoms in total. The van der Waals surface area contributed by atoms with Crippen molar-refractivity contribution in [2.24, 2.45) is 5.92 Å². The molecular formula is C35H38N2O4. The summed E-state index contributed by atoms with van der Waals surface area (Å²) in [5.41, 5.74) is 3.95. The van der Waals surface area contributed by atoms with Gasteiger partial charge in [-0.1, -0.05) is 60.7 Å². The molecule has 4 aromatic rings. The maximum Gasteiger partial charge on any atom is 0.253 e. The van der Waals surface area contributed by atoms with Crippen LogP contribution in [0.5, 0.6) is 5.75 Å². The third-order valence-electron chi connectivity index (χ3n) is 7.34. The first-order chi connectivity index (χ1) is 19.9. The summed E-state index contributed by atoms with van der Waals surface area (Å²) in [5.74, 6) is 0.309. The van der Waals surface area contributed by atoms with Crippen molar-refractivity contribution in [3.8, 4) is 5.75 Å². The lowest BCUT2D eigenvalue weighted by molar-refractivity contribution is 0.0747. The summed E-state index contributed by atoms with van der Waals surface area (Å²) >= 11 is 0. The van der Waals surface area contributed by atoms with Gasteiger partial charge in [-0.2, -0.15) is 0 Å². The van der Waals surface area contributed by atoms with Crippen LogP contribution in [0, 0.1) is 5.92 Å². The monoisotopic (exact) mass is 550 g/mol.